The van der Waals surface area contributed by atoms with Crippen molar-refractivity contribution in [3.8, 4) is 11.5 Å². The Bertz CT molecular complexity index is 932. The summed E-state index contributed by atoms with van der Waals surface area (Å²) >= 11 is 6.13. The molecule has 6 heteroatoms. The monoisotopic (exact) mass is 396 g/mol. The number of halogens is 1. The van der Waals surface area contributed by atoms with Gasteiger partial charge in [0.1, 0.15) is 6.61 Å². The topological polar surface area (TPSA) is 60.5 Å². The molecule has 0 aliphatic carbocycles. The van der Waals surface area contributed by atoms with E-state index < -0.39 is 0 Å². The zero-order valence-corrected chi connectivity index (χ0v) is 16.3. The summed E-state index contributed by atoms with van der Waals surface area (Å²) in [5.41, 5.74) is 2.30. The molecule has 0 atom stereocenters. The first-order chi connectivity index (χ1) is 13.7. The fourth-order valence-corrected chi connectivity index (χ4v) is 2.80. The first-order valence-corrected chi connectivity index (χ1v) is 9.35. The van der Waals surface area contributed by atoms with Gasteiger partial charge in [0.25, 0.3) is 5.91 Å². The Balaban J connectivity index is 1.68. The van der Waals surface area contributed by atoms with Crippen molar-refractivity contribution in [1.29, 1.82) is 0 Å². The van der Waals surface area contributed by atoms with Gasteiger partial charge in [-0.1, -0.05) is 35.9 Å². The molecule has 3 aromatic rings. The van der Waals surface area contributed by atoms with Crippen LogP contribution < -0.4 is 14.8 Å². The Morgan fingerprint density at radius 1 is 1.07 bits per heavy atom. The molecule has 1 aromatic heterocycles. The van der Waals surface area contributed by atoms with Crippen LogP contribution in [0.1, 0.15) is 28.4 Å². The molecule has 1 amide bonds. The molecule has 0 unspecified atom stereocenters. The van der Waals surface area contributed by atoms with E-state index in [0.29, 0.717) is 41.8 Å². The standard InChI is InChI=1S/C22H21ClN2O3/c1-2-27-21-12-17(22(26)25-14-18-7-3-4-8-19(18)23)9-10-20(21)28-15-16-6-5-11-24-13-16/h3-13H,2,14-15H2,1H3,(H,25,26). The lowest BCUT2D eigenvalue weighted by Gasteiger charge is -2.14. The van der Waals surface area contributed by atoms with E-state index in [9.17, 15) is 4.79 Å². The molecule has 28 heavy (non-hydrogen) atoms. The Kier molecular flexibility index (Phi) is 6.87. The van der Waals surface area contributed by atoms with Crippen LogP contribution in [-0.4, -0.2) is 17.5 Å². The number of pyridine rings is 1. The van der Waals surface area contributed by atoms with E-state index in [0.717, 1.165) is 11.1 Å². The van der Waals surface area contributed by atoms with Crippen molar-refractivity contribution in [2.75, 3.05) is 6.61 Å². The van der Waals surface area contributed by atoms with Crippen molar-refractivity contribution in [3.05, 3.63) is 88.7 Å². The van der Waals surface area contributed by atoms with Gasteiger partial charge in [-0.05, 0) is 42.8 Å². The third kappa shape index (κ3) is 5.24. The number of nitrogens with one attached hydrogen (secondary N) is 1. The summed E-state index contributed by atoms with van der Waals surface area (Å²) in [6, 6.07) is 16.3. The number of carbonyl (C=O) groups excluding carboxylic acids is 1. The van der Waals surface area contributed by atoms with Gasteiger partial charge >= 0.3 is 0 Å². The zero-order chi connectivity index (χ0) is 19.8. The van der Waals surface area contributed by atoms with Crippen LogP contribution in [0.2, 0.25) is 5.02 Å². The van der Waals surface area contributed by atoms with Gasteiger partial charge in [0.15, 0.2) is 11.5 Å². The summed E-state index contributed by atoms with van der Waals surface area (Å²) in [6.07, 6.45) is 3.46. The van der Waals surface area contributed by atoms with Crippen LogP contribution in [0.4, 0.5) is 0 Å². The number of ether oxygens (including phenoxy) is 2. The third-order valence-electron chi connectivity index (χ3n) is 4.02. The summed E-state index contributed by atoms with van der Waals surface area (Å²) in [5.74, 6) is 0.893. The molecule has 0 saturated carbocycles. The molecule has 0 aliphatic heterocycles. The number of hydrogen-bond donors (Lipinski definition) is 1. The average molecular weight is 397 g/mol. The Morgan fingerprint density at radius 3 is 2.68 bits per heavy atom. The van der Waals surface area contributed by atoms with E-state index in [-0.39, 0.29) is 5.91 Å². The van der Waals surface area contributed by atoms with Gasteiger partial charge in [0, 0.05) is 35.1 Å². The minimum atomic E-state index is -0.209. The fourth-order valence-electron chi connectivity index (χ4n) is 2.60. The Labute approximate surface area is 169 Å². The molecule has 3 rings (SSSR count). The fraction of sp³-hybridized carbons (Fsp3) is 0.182. The summed E-state index contributed by atoms with van der Waals surface area (Å²) in [5, 5.41) is 3.50. The highest BCUT2D eigenvalue weighted by Crippen LogP contribution is 2.29. The number of nitrogens with zero attached hydrogens (tertiary/aromatic N) is 1. The Hall–Kier alpha value is -3.05. The largest absolute Gasteiger partial charge is 0.490 e. The molecule has 5 nitrogen and oxygen atoms in total. The molecule has 144 valence electrons. The summed E-state index contributed by atoms with van der Waals surface area (Å²) in [6.45, 7) is 3.07. The molecule has 0 saturated heterocycles. The summed E-state index contributed by atoms with van der Waals surface area (Å²) < 4.78 is 11.5. The maximum atomic E-state index is 12.5. The van der Waals surface area contributed by atoms with E-state index in [2.05, 4.69) is 10.3 Å². The summed E-state index contributed by atoms with van der Waals surface area (Å²) in [7, 11) is 0. The van der Waals surface area contributed by atoms with Crippen molar-refractivity contribution >= 4 is 17.5 Å². The average Bonchev–Trinajstić information content (AvgIpc) is 2.73. The normalized spacial score (nSPS) is 10.4. The highest BCUT2D eigenvalue weighted by molar-refractivity contribution is 6.31. The van der Waals surface area contributed by atoms with E-state index in [4.69, 9.17) is 21.1 Å². The van der Waals surface area contributed by atoms with Crippen LogP contribution >= 0.6 is 11.6 Å². The van der Waals surface area contributed by atoms with E-state index >= 15 is 0 Å². The molecule has 0 radical (unpaired) electrons. The zero-order valence-electron chi connectivity index (χ0n) is 15.5. The quantitative estimate of drug-likeness (QED) is 0.602. The van der Waals surface area contributed by atoms with E-state index in [1.807, 2.05) is 37.3 Å². The SMILES string of the molecule is CCOc1cc(C(=O)NCc2ccccc2Cl)ccc1OCc1cccnc1. The third-order valence-corrected chi connectivity index (χ3v) is 4.39. The van der Waals surface area contributed by atoms with Crippen molar-refractivity contribution in [3.63, 3.8) is 0 Å². The van der Waals surface area contributed by atoms with Gasteiger partial charge in [-0.3, -0.25) is 9.78 Å². The number of benzene rings is 2. The van der Waals surface area contributed by atoms with Gasteiger partial charge in [-0.25, -0.2) is 0 Å². The second-order valence-electron chi connectivity index (χ2n) is 6.02. The van der Waals surface area contributed by atoms with E-state index in [1.54, 1.807) is 36.7 Å². The first kappa shape index (κ1) is 19.7. The minimum Gasteiger partial charge on any atom is -0.490 e. The van der Waals surface area contributed by atoms with Gasteiger partial charge in [0.2, 0.25) is 0 Å². The Morgan fingerprint density at radius 2 is 1.93 bits per heavy atom. The smallest absolute Gasteiger partial charge is 0.251 e. The lowest BCUT2D eigenvalue weighted by molar-refractivity contribution is 0.0950. The van der Waals surface area contributed by atoms with Crippen molar-refractivity contribution in [1.82, 2.24) is 10.3 Å². The molecular formula is C22H21ClN2O3. The highest BCUT2D eigenvalue weighted by atomic mass is 35.5. The van der Waals surface area contributed by atoms with Crippen molar-refractivity contribution < 1.29 is 14.3 Å². The number of amides is 1. The second-order valence-corrected chi connectivity index (χ2v) is 6.43. The first-order valence-electron chi connectivity index (χ1n) is 8.97. The van der Waals surface area contributed by atoms with Crippen molar-refractivity contribution in [2.45, 2.75) is 20.1 Å². The molecular weight excluding hydrogens is 376 g/mol. The lowest BCUT2D eigenvalue weighted by atomic mass is 10.1. The van der Waals surface area contributed by atoms with Crippen LogP contribution in [0.25, 0.3) is 0 Å². The van der Waals surface area contributed by atoms with Crippen LogP contribution in [0, 0.1) is 0 Å². The van der Waals surface area contributed by atoms with Crippen LogP contribution in [0.3, 0.4) is 0 Å². The molecule has 1 N–H and O–H groups in total. The molecule has 0 aliphatic rings. The van der Waals surface area contributed by atoms with Crippen LogP contribution in [0.5, 0.6) is 11.5 Å². The maximum absolute atomic E-state index is 12.5. The maximum Gasteiger partial charge on any atom is 0.251 e. The molecule has 0 fully saturated rings. The molecule has 1 heterocycles. The summed E-state index contributed by atoms with van der Waals surface area (Å²) in [4.78, 5) is 16.6. The van der Waals surface area contributed by atoms with Gasteiger partial charge in [-0.15, -0.1) is 0 Å². The number of carbonyl (C=O) groups is 1. The predicted octanol–water partition coefficient (Wildman–Crippen LogP) is 4.64. The number of rotatable bonds is 8. The van der Waals surface area contributed by atoms with Crippen LogP contribution in [0.15, 0.2) is 67.0 Å². The molecule has 2 aromatic carbocycles. The van der Waals surface area contributed by atoms with E-state index in [1.165, 1.54) is 0 Å². The highest BCUT2D eigenvalue weighted by Gasteiger charge is 2.12. The number of hydrogen-bond acceptors (Lipinski definition) is 4. The van der Waals surface area contributed by atoms with Gasteiger partial charge < -0.3 is 14.8 Å². The number of aromatic nitrogens is 1. The molecule has 0 spiro atoms. The van der Waals surface area contributed by atoms with Gasteiger partial charge in [0.05, 0.1) is 6.61 Å². The predicted molar refractivity (Wildman–Crippen MR) is 109 cm³/mol. The van der Waals surface area contributed by atoms with Crippen LogP contribution in [-0.2, 0) is 13.2 Å². The lowest BCUT2D eigenvalue weighted by Crippen LogP contribution is -2.23. The van der Waals surface area contributed by atoms with Crippen molar-refractivity contribution in [2.24, 2.45) is 0 Å². The minimum absolute atomic E-state index is 0.209. The second kappa shape index (κ2) is 9.76. The molecule has 0 bridgehead atoms. The van der Waals surface area contributed by atoms with Gasteiger partial charge in [-0.2, -0.15) is 0 Å².